The van der Waals surface area contributed by atoms with Gasteiger partial charge in [-0.15, -0.1) is 0 Å². The summed E-state index contributed by atoms with van der Waals surface area (Å²) in [5, 5.41) is 3.38. The highest BCUT2D eigenvalue weighted by Crippen LogP contribution is 2.25. The van der Waals surface area contributed by atoms with Crippen LogP contribution >= 0.6 is 0 Å². The fourth-order valence-electron chi connectivity index (χ4n) is 2.32. The molecule has 1 unspecified atom stereocenters. The van der Waals surface area contributed by atoms with E-state index in [1.807, 2.05) is 0 Å². The second-order valence-electron chi connectivity index (χ2n) is 5.96. The van der Waals surface area contributed by atoms with Crippen LogP contribution in [0, 0.1) is 11.3 Å². The van der Waals surface area contributed by atoms with Gasteiger partial charge in [-0.25, -0.2) is 0 Å². The zero-order chi connectivity index (χ0) is 11.5. The van der Waals surface area contributed by atoms with Crippen LogP contribution in [-0.2, 0) is 0 Å². The number of hydrogen-bond donors (Lipinski definition) is 1. The monoisotopic (exact) mass is 212 g/mol. The van der Waals surface area contributed by atoms with Crippen LogP contribution in [0.25, 0.3) is 0 Å². The highest BCUT2D eigenvalue weighted by Gasteiger charge is 2.28. The second kappa shape index (κ2) is 5.31. The van der Waals surface area contributed by atoms with E-state index in [0.29, 0.717) is 11.5 Å². The van der Waals surface area contributed by atoms with E-state index in [1.165, 1.54) is 32.5 Å². The van der Waals surface area contributed by atoms with Crippen molar-refractivity contribution in [1.29, 1.82) is 0 Å². The van der Waals surface area contributed by atoms with Gasteiger partial charge in [0.25, 0.3) is 0 Å². The lowest BCUT2D eigenvalue weighted by Crippen LogP contribution is -2.47. The first-order valence-electron chi connectivity index (χ1n) is 6.35. The van der Waals surface area contributed by atoms with Crippen molar-refractivity contribution in [2.45, 2.75) is 46.6 Å². The molecule has 1 fully saturated rings. The Hall–Kier alpha value is -0.0800. The predicted octanol–water partition coefficient (Wildman–Crippen LogP) is 2.35. The minimum absolute atomic E-state index is 0.370. The van der Waals surface area contributed by atoms with E-state index in [-0.39, 0.29) is 0 Å². The molecule has 1 N–H and O–H groups in total. The van der Waals surface area contributed by atoms with Crippen LogP contribution in [0.3, 0.4) is 0 Å². The van der Waals surface area contributed by atoms with Crippen molar-refractivity contribution >= 4 is 0 Å². The van der Waals surface area contributed by atoms with Crippen molar-refractivity contribution < 1.29 is 0 Å². The fraction of sp³-hybridized carbons (Fsp3) is 1.00. The lowest BCUT2D eigenvalue weighted by molar-refractivity contribution is 0.112. The normalized spacial score (nSPS) is 23.0. The van der Waals surface area contributed by atoms with E-state index < -0.39 is 0 Å². The van der Waals surface area contributed by atoms with E-state index in [1.54, 1.807) is 0 Å². The molecule has 15 heavy (non-hydrogen) atoms. The number of likely N-dealkylation sites (tertiary alicyclic amines) is 1. The molecule has 0 aromatic rings. The van der Waals surface area contributed by atoms with Gasteiger partial charge in [0.05, 0.1) is 0 Å². The molecule has 0 aromatic carbocycles. The molecule has 1 aliphatic heterocycles. The molecule has 2 heteroatoms. The van der Waals surface area contributed by atoms with Gasteiger partial charge < -0.3 is 10.2 Å². The number of rotatable bonds is 4. The summed E-state index contributed by atoms with van der Waals surface area (Å²) in [4.78, 5) is 2.63. The van der Waals surface area contributed by atoms with Crippen LogP contribution in [0.1, 0.15) is 40.5 Å². The molecule has 2 nitrogen and oxygen atoms in total. The first-order valence-corrected chi connectivity index (χ1v) is 6.35. The molecule has 0 aliphatic carbocycles. The molecule has 0 bridgehead atoms. The first-order chi connectivity index (χ1) is 6.95. The van der Waals surface area contributed by atoms with Crippen molar-refractivity contribution in [2.24, 2.45) is 11.3 Å². The van der Waals surface area contributed by atoms with Crippen LogP contribution < -0.4 is 5.32 Å². The molecule has 1 atom stereocenters. The second-order valence-corrected chi connectivity index (χ2v) is 5.96. The summed E-state index contributed by atoms with van der Waals surface area (Å²) in [5.74, 6) is 0.936. The Balaban J connectivity index is 2.40. The third kappa shape index (κ3) is 3.76. The minimum atomic E-state index is 0.370. The summed E-state index contributed by atoms with van der Waals surface area (Å²) < 4.78 is 0. The molecule has 0 amide bonds. The molecule has 1 aliphatic rings. The predicted molar refractivity (Wildman–Crippen MR) is 67.1 cm³/mol. The first kappa shape index (κ1) is 13.0. The summed E-state index contributed by atoms with van der Waals surface area (Å²) in [6.07, 6.45) is 2.76. The van der Waals surface area contributed by atoms with Gasteiger partial charge in [0.1, 0.15) is 0 Å². The summed E-state index contributed by atoms with van der Waals surface area (Å²) >= 11 is 0. The SMILES string of the molecule is CNC(C)C(C)(C)CN1CCC(C)CC1. The Morgan fingerprint density at radius 3 is 2.33 bits per heavy atom. The molecule has 0 radical (unpaired) electrons. The van der Waals surface area contributed by atoms with E-state index in [4.69, 9.17) is 0 Å². The molecular formula is C13H28N2. The molecule has 1 saturated heterocycles. The molecular weight excluding hydrogens is 184 g/mol. The highest BCUT2D eigenvalue weighted by molar-refractivity contribution is 4.84. The summed E-state index contributed by atoms with van der Waals surface area (Å²) in [7, 11) is 2.06. The van der Waals surface area contributed by atoms with Crippen molar-refractivity contribution in [3.05, 3.63) is 0 Å². The fourth-order valence-corrected chi connectivity index (χ4v) is 2.32. The van der Waals surface area contributed by atoms with Crippen LogP contribution in [0.4, 0.5) is 0 Å². The minimum Gasteiger partial charge on any atom is -0.317 e. The van der Waals surface area contributed by atoms with Gasteiger partial charge in [-0.05, 0) is 51.2 Å². The van der Waals surface area contributed by atoms with Crippen molar-refractivity contribution in [2.75, 3.05) is 26.7 Å². The van der Waals surface area contributed by atoms with Crippen LogP contribution in [0.5, 0.6) is 0 Å². The third-order valence-electron chi connectivity index (χ3n) is 4.11. The zero-order valence-corrected chi connectivity index (χ0v) is 11.1. The molecule has 1 heterocycles. The average Bonchev–Trinajstić information content (AvgIpc) is 2.20. The van der Waals surface area contributed by atoms with Gasteiger partial charge in [-0.3, -0.25) is 0 Å². The lowest BCUT2D eigenvalue weighted by Gasteiger charge is -2.39. The maximum Gasteiger partial charge on any atom is 0.00991 e. The largest absolute Gasteiger partial charge is 0.317 e. The topological polar surface area (TPSA) is 15.3 Å². The van der Waals surface area contributed by atoms with Gasteiger partial charge in [0.2, 0.25) is 0 Å². The van der Waals surface area contributed by atoms with Crippen LogP contribution in [0.15, 0.2) is 0 Å². The lowest BCUT2D eigenvalue weighted by atomic mass is 9.84. The Morgan fingerprint density at radius 1 is 1.33 bits per heavy atom. The van der Waals surface area contributed by atoms with Crippen molar-refractivity contribution in [3.8, 4) is 0 Å². The number of hydrogen-bond acceptors (Lipinski definition) is 2. The van der Waals surface area contributed by atoms with Crippen LogP contribution in [-0.4, -0.2) is 37.6 Å². The molecule has 0 aromatic heterocycles. The number of nitrogens with one attached hydrogen (secondary N) is 1. The Morgan fingerprint density at radius 2 is 1.87 bits per heavy atom. The van der Waals surface area contributed by atoms with Crippen LogP contribution in [0.2, 0.25) is 0 Å². The van der Waals surface area contributed by atoms with Gasteiger partial charge in [-0.1, -0.05) is 20.8 Å². The smallest absolute Gasteiger partial charge is 0.00991 e. The van der Waals surface area contributed by atoms with E-state index >= 15 is 0 Å². The van der Waals surface area contributed by atoms with Gasteiger partial charge >= 0.3 is 0 Å². The quantitative estimate of drug-likeness (QED) is 0.769. The van der Waals surface area contributed by atoms with E-state index in [2.05, 4.69) is 45.0 Å². The average molecular weight is 212 g/mol. The maximum absolute atomic E-state index is 3.38. The Bertz CT molecular complexity index is 181. The standard InChI is InChI=1S/C13H28N2/c1-11-6-8-15(9-7-11)10-13(3,4)12(2)14-5/h11-12,14H,6-10H2,1-5H3. The third-order valence-corrected chi connectivity index (χ3v) is 4.11. The summed E-state index contributed by atoms with van der Waals surface area (Å²) in [6, 6.07) is 0.580. The number of piperidine rings is 1. The molecule has 0 spiro atoms. The van der Waals surface area contributed by atoms with Gasteiger partial charge in [0.15, 0.2) is 0 Å². The maximum atomic E-state index is 3.38. The zero-order valence-electron chi connectivity index (χ0n) is 11.1. The molecule has 90 valence electrons. The molecule has 0 saturated carbocycles. The van der Waals surface area contributed by atoms with E-state index in [9.17, 15) is 0 Å². The van der Waals surface area contributed by atoms with Gasteiger partial charge in [-0.2, -0.15) is 0 Å². The summed E-state index contributed by atoms with van der Waals surface area (Å²) in [6.45, 7) is 13.2. The Labute approximate surface area is 95.4 Å². The number of nitrogens with zero attached hydrogens (tertiary/aromatic N) is 1. The van der Waals surface area contributed by atoms with E-state index in [0.717, 1.165) is 5.92 Å². The van der Waals surface area contributed by atoms with Gasteiger partial charge in [0, 0.05) is 12.6 Å². The molecule has 1 rings (SSSR count). The van der Waals surface area contributed by atoms with Crippen molar-refractivity contribution in [1.82, 2.24) is 10.2 Å². The van der Waals surface area contributed by atoms with Crippen molar-refractivity contribution in [3.63, 3.8) is 0 Å². The highest BCUT2D eigenvalue weighted by atomic mass is 15.1. The summed E-state index contributed by atoms with van der Waals surface area (Å²) in [5.41, 5.74) is 0.370. The Kier molecular flexibility index (Phi) is 4.60.